The first kappa shape index (κ1) is 73.1. The molecule has 0 aromatic carbocycles. The summed E-state index contributed by atoms with van der Waals surface area (Å²) >= 11 is 0. The Morgan fingerprint density at radius 3 is 1.55 bits per heavy atom. The third-order valence-electron chi connectivity index (χ3n) is 15.5. The van der Waals surface area contributed by atoms with E-state index in [-0.39, 0.29) is 85.9 Å². The van der Waals surface area contributed by atoms with E-state index < -0.39 is 100 Å². The molecule has 0 unspecified atom stereocenters. The molecule has 0 bridgehead atoms. The molecule has 23 heteroatoms. The van der Waals surface area contributed by atoms with Crippen LogP contribution in [0.4, 0.5) is 0 Å². The quantitative estimate of drug-likeness (QED) is 0.0404. The molecular formula is C62H108N12O11. The van der Waals surface area contributed by atoms with E-state index in [1.165, 1.54) is 38.9 Å². The number of likely N-dealkylation sites (N-methyl/N-ethyl adjacent to an activating group) is 1. The SMILES string of the molecule is CCCCCCCC[C@H](NC(=O)[C@@H]1CCCN1C(=O)c1coc(C)n1)C(=O)N[C@@H](CC(C)C)C(=O)NC(C)(C)C(=O)N[C@@H](CC(C)C)C(=O)N[C@@H](CC(C)C)C(=O)NC(C)(C)C(=O)N[C@@H](CC(C)C)C(=O)NCCC(=O)NC1(CN(C)C)CCC1. The van der Waals surface area contributed by atoms with E-state index in [9.17, 15) is 47.9 Å². The van der Waals surface area contributed by atoms with Crippen LogP contribution in [-0.4, -0.2) is 160 Å². The molecule has 10 amide bonds. The molecule has 482 valence electrons. The Morgan fingerprint density at radius 2 is 1.11 bits per heavy atom. The number of carbonyl (C=O) groups is 10. The highest BCUT2D eigenvalue weighted by molar-refractivity contribution is 6.00. The Bertz CT molecular complexity index is 2400. The molecule has 2 fully saturated rings. The van der Waals surface area contributed by atoms with E-state index in [1.807, 2.05) is 74.4 Å². The number of oxazole rings is 1. The Hall–Kier alpha value is -6.13. The number of amides is 10. The van der Waals surface area contributed by atoms with Crippen molar-refractivity contribution >= 4 is 59.1 Å². The molecule has 3 rings (SSSR count). The topological polar surface area (TPSA) is 311 Å². The van der Waals surface area contributed by atoms with Gasteiger partial charge in [0.15, 0.2) is 11.6 Å². The van der Waals surface area contributed by atoms with Crippen LogP contribution in [0.3, 0.4) is 0 Å². The predicted octanol–water partition coefficient (Wildman–Crippen LogP) is 4.84. The smallest absolute Gasteiger partial charge is 0.276 e. The van der Waals surface area contributed by atoms with Crippen molar-refractivity contribution in [2.24, 2.45) is 23.7 Å². The third-order valence-corrected chi connectivity index (χ3v) is 15.5. The lowest BCUT2D eigenvalue weighted by Crippen LogP contribution is -2.64. The summed E-state index contributed by atoms with van der Waals surface area (Å²) in [6, 6.07) is -6.34. The molecule has 23 nitrogen and oxygen atoms in total. The van der Waals surface area contributed by atoms with Gasteiger partial charge < -0.3 is 62.1 Å². The van der Waals surface area contributed by atoms with Crippen LogP contribution in [0, 0.1) is 30.6 Å². The molecule has 1 aromatic heterocycles. The van der Waals surface area contributed by atoms with Crippen molar-refractivity contribution in [2.75, 3.05) is 33.7 Å². The van der Waals surface area contributed by atoms with Gasteiger partial charge >= 0.3 is 0 Å². The van der Waals surface area contributed by atoms with Crippen LogP contribution in [0.1, 0.15) is 216 Å². The minimum Gasteiger partial charge on any atom is -0.448 e. The second kappa shape index (κ2) is 34.3. The lowest BCUT2D eigenvalue weighted by molar-refractivity contribution is -0.138. The number of hydrogen-bond acceptors (Lipinski definition) is 13. The Balaban J connectivity index is 1.73. The second-order valence-electron chi connectivity index (χ2n) is 26.9. The first-order valence-electron chi connectivity index (χ1n) is 31.3. The van der Waals surface area contributed by atoms with Gasteiger partial charge in [0.05, 0.1) is 5.54 Å². The zero-order valence-electron chi connectivity index (χ0n) is 54.3. The van der Waals surface area contributed by atoms with Crippen molar-refractivity contribution in [3.05, 3.63) is 17.8 Å². The second-order valence-corrected chi connectivity index (χ2v) is 26.9. The van der Waals surface area contributed by atoms with E-state index >= 15 is 0 Å². The molecule has 0 radical (unpaired) electrons. The van der Waals surface area contributed by atoms with Crippen molar-refractivity contribution in [1.82, 2.24) is 62.6 Å². The molecular weight excluding hydrogens is 1090 g/mol. The van der Waals surface area contributed by atoms with Gasteiger partial charge in [-0.05, 0) is 130 Å². The Labute approximate surface area is 506 Å². The van der Waals surface area contributed by atoms with E-state index in [4.69, 9.17) is 4.42 Å². The fraction of sp³-hybridized carbons (Fsp3) is 0.790. The van der Waals surface area contributed by atoms with E-state index in [0.717, 1.165) is 57.9 Å². The molecule has 1 aliphatic carbocycles. The van der Waals surface area contributed by atoms with Gasteiger partial charge in [-0.25, -0.2) is 4.98 Å². The number of nitrogens with one attached hydrogen (secondary N) is 9. The average molecular weight is 1200 g/mol. The van der Waals surface area contributed by atoms with Gasteiger partial charge in [0, 0.05) is 33.0 Å². The summed E-state index contributed by atoms with van der Waals surface area (Å²) in [6.07, 6.45) is 11.7. The van der Waals surface area contributed by atoms with Gasteiger partial charge in [-0.3, -0.25) is 47.9 Å². The zero-order valence-corrected chi connectivity index (χ0v) is 54.3. The minimum absolute atomic E-state index is 0.00459. The molecule has 85 heavy (non-hydrogen) atoms. The number of aryl methyl sites for hydroxylation is 1. The highest BCUT2D eigenvalue weighted by Crippen LogP contribution is 2.32. The molecule has 2 heterocycles. The molecule has 1 saturated heterocycles. The van der Waals surface area contributed by atoms with Crippen molar-refractivity contribution in [1.29, 1.82) is 0 Å². The van der Waals surface area contributed by atoms with Crippen LogP contribution < -0.4 is 47.9 Å². The number of likely N-dealkylation sites (tertiary alicyclic amines) is 1. The van der Waals surface area contributed by atoms with Crippen LogP contribution in [0.5, 0.6) is 0 Å². The molecule has 9 N–H and O–H groups in total. The number of rotatable bonds is 37. The molecule has 6 atom stereocenters. The highest BCUT2D eigenvalue weighted by atomic mass is 16.3. The van der Waals surface area contributed by atoms with E-state index in [0.29, 0.717) is 31.7 Å². The summed E-state index contributed by atoms with van der Waals surface area (Å²) < 4.78 is 5.25. The fourth-order valence-electron chi connectivity index (χ4n) is 10.8. The maximum atomic E-state index is 14.3. The van der Waals surface area contributed by atoms with Gasteiger partial charge in [0.2, 0.25) is 53.2 Å². The maximum Gasteiger partial charge on any atom is 0.276 e. The lowest BCUT2D eigenvalue weighted by Gasteiger charge is -2.44. The molecule has 1 aliphatic heterocycles. The summed E-state index contributed by atoms with van der Waals surface area (Å²) in [5, 5.41) is 25.7. The summed E-state index contributed by atoms with van der Waals surface area (Å²) in [6.45, 7) is 25.8. The number of unbranched alkanes of at least 4 members (excludes halogenated alkanes) is 5. The van der Waals surface area contributed by atoms with Crippen LogP contribution in [0.25, 0.3) is 0 Å². The standard InChI is InChI=1S/C62H108N12O11/c1-17-18-19-20-21-22-25-43(65-56(81)49-26-23-31-74(49)57(82)48-36-85-42(10)64-48)52(77)66-46(34-40(6)7)54(79)71-61(13,14)59(84)69-45(33-39(4)5)53(78)67-47(35-41(8)9)55(80)72-60(11,12)58(83)68-44(32-38(2)3)51(76)63-30-27-50(75)70-62(28-24-29-62)37-73(15)16/h36,38-41,43-47,49H,17-35,37H2,1-16H3,(H,63,76)(H,65,81)(H,66,77)(H,67,78)(H,68,83)(H,69,84)(H,70,75)(H,71,79)(H,72,80)/t43-,44-,45-,46-,47-,49-/m0/s1. The number of carbonyl (C=O) groups excluding carboxylic acids is 10. The molecule has 1 saturated carbocycles. The zero-order chi connectivity index (χ0) is 64.0. The summed E-state index contributed by atoms with van der Waals surface area (Å²) in [5.41, 5.74) is -3.40. The third kappa shape index (κ3) is 24.6. The van der Waals surface area contributed by atoms with Gasteiger partial charge in [-0.1, -0.05) is 101 Å². The molecule has 0 spiro atoms. The molecule has 2 aliphatic rings. The minimum atomic E-state index is -1.64. The van der Waals surface area contributed by atoms with Crippen LogP contribution in [-0.2, 0) is 43.2 Å². The Kier molecular flexibility index (Phi) is 29.5. The number of hydrogen-bond donors (Lipinski definition) is 9. The van der Waals surface area contributed by atoms with Crippen molar-refractivity contribution in [3.63, 3.8) is 0 Å². The number of aromatic nitrogens is 1. The Morgan fingerprint density at radius 1 is 0.635 bits per heavy atom. The van der Waals surface area contributed by atoms with Gasteiger partial charge in [0.1, 0.15) is 53.6 Å². The summed E-state index contributed by atoms with van der Waals surface area (Å²) in [5.74, 6) is -5.56. The molecule has 1 aromatic rings. The van der Waals surface area contributed by atoms with Gasteiger partial charge in [-0.15, -0.1) is 0 Å². The number of nitrogens with zero attached hydrogens (tertiary/aromatic N) is 3. The normalized spacial score (nSPS) is 16.9. The maximum absolute atomic E-state index is 14.3. The van der Waals surface area contributed by atoms with Gasteiger partial charge in [-0.2, -0.15) is 0 Å². The lowest BCUT2D eigenvalue weighted by atomic mass is 9.76. The first-order valence-corrected chi connectivity index (χ1v) is 31.3. The van der Waals surface area contributed by atoms with Crippen molar-refractivity contribution in [2.45, 2.75) is 259 Å². The summed E-state index contributed by atoms with van der Waals surface area (Å²) in [4.78, 5) is 147. The summed E-state index contributed by atoms with van der Waals surface area (Å²) in [7, 11) is 3.92. The first-order chi connectivity index (χ1) is 39.7. The van der Waals surface area contributed by atoms with E-state index in [1.54, 1.807) is 6.92 Å². The van der Waals surface area contributed by atoms with Crippen molar-refractivity contribution in [3.8, 4) is 0 Å². The van der Waals surface area contributed by atoms with Crippen LogP contribution in [0.15, 0.2) is 10.7 Å². The van der Waals surface area contributed by atoms with E-state index in [2.05, 4.69) is 59.8 Å². The average Bonchev–Trinajstić information content (AvgIpc) is 3.66. The largest absolute Gasteiger partial charge is 0.448 e. The monoisotopic (exact) mass is 1200 g/mol. The van der Waals surface area contributed by atoms with Gasteiger partial charge in [0.25, 0.3) is 5.91 Å². The predicted molar refractivity (Wildman–Crippen MR) is 326 cm³/mol. The van der Waals surface area contributed by atoms with Crippen LogP contribution >= 0.6 is 0 Å². The fourth-order valence-corrected chi connectivity index (χ4v) is 10.8. The van der Waals surface area contributed by atoms with Crippen LogP contribution in [0.2, 0.25) is 0 Å². The van der Waals surface area contributed by atoms with Crippen molar-refractivity contribution < 1.29 is 52.4 Å². The highest BCUT2D eigenvalue weighted by Gasteiger charge is 2.42.